The maximum atomic E-state index is 10.7. The molecular weight excluding hydrogens is 192 g/mol. The minimum atomic E-state index is -0.182. The first-order valence-corrected chi connectivity index (χ1v) is 5.69. The molecule has 3 atom stereocenters. The Morgan fingerprint density at radius 1 is 1.47 bits per heavy atom. The van der Waals surface area contributed by atoms with Crippen LogP contribution in [0, 0.1) is 11.3 Å². The number of hydrogen-bond acceptors (Lipinski definition) is 3. The van der Waals surface area contributed by atoms with Gasteiger partial charge in [0.05, 0.1) is 18.3 Å². The average molecular weight is 212 g/mol. The topological polar surface area (TPSA) is 38.8 Å². The van der Waals surface area contributed by atoms with Crippen molar-refractivity contribution in [3.05, 3.63) is 0 Å². The standard InChI is InChI=1S/C12H20O3/c1-8(13)14-6-5-9-7-10-12(4,15-10)11(9,2)3/h9-10H,5-7H2,1-4H3. The summed E-state index contributed by atoms with van der Waals surface area (Å²) in [6, 6.07) is 0. The average Bonchev–Trinajstić information content (AvgIpc) is 2.71. The molecule has 1 saturated heterocycles. The van der Waals surface area contributed by atoms with E-state index in [1.807, 2.05) is 0 Å². The summed E-state index contributed by atoms with van der Waals surface area (Å²) >= 11 is 0. The van der Waals surface area contributed by atoms with E-state index < -0.39 is 0 Å². The Labute approximate surface area is 91.1 Å². The van der Waals surface area contributed by atoms with E-state index in [1.54, 1.807) is 0 Å². The van der Waals surface area contributed by atoms with Crippen molar-refractivity contribution in [3.63, 3.8) is 0 Å². The Bertz CT molecular complexity index is 285. The van der Waals surface area contributed by atoms with E-state index in [4.69, 9.17) is 9.47 Å². The van der Waals surface area contributed by atoms with Crippen molar-refractivity contribution in [1.82, 2.24) is 0 Å². The van der Waals surface area contributed by atoms with Crippen molar-refractivity contribution in [2.75, 3.05) is 6.61 Å². The van der Waals surface area contributed by atoms with Gasteiger partial charge in [0.15, 0.2) is 0 Å². The van der Waals surface area contributed by atoms with Crippen LogP contribution >= 0.6 is 0 Å². The SMILES string of the molecule is CC(=O)OCCC1CC2OC2(C)C1(C)C. The van der Waals surface area contributed by atoms with Gasteiger partial charge in [0, 0.05) is 6.92 Å². The second-order valence-corrected chi connectivity index (χ2v) is 5.50. The lowest BCUT2D eigenvalue weighted by atomic mass is 9.74. The van der Waals surface area contributed by atoms with Crippen molar-refractivity contribution >= 4 is 5.97 Å². The number of fused-ring (bicyclic) bond motifs is 1. The van der Waals surface area contributed by atoms with Crippen LogP contribution < -0.4 is 0 Å². The molecule has 1 aliphatic carbocycles. The van der Waals surface area contributed by atoms with Gasteiger partial charge in [-0.3, -0.25) is 4.79 Å². The van der Waals surface area contributed by atoms with Crippen molar-refractivity contribution in [2.45, 2.75) is 52.2 Å². The zero-order valence-corrected chi connectivity index (χ0v) is 10.0. The molecule has 86 valence electrons. The third-order valence-corrected chi connectivity index (χ3v) is 4.51. The molecule has 2 aliphatic rings. The van der Waals surface area contributed by atoms with Crippen LogP contribution in [-0.4, -0.2) is 24.3 Å². The van der Waals surface area contributed by atoms with Gasteiger partial charge in [-0.1, -0.05) is 13.8 Å². The molecular formula is C12H20O3. The Morgan fingerprint density at radius 2 is 2.13 bits per heavy atom. The number of carbonyl (C=O) groups excluding carboxylic acids is 1. The molecule has 2 fully saturated rings. The zero-order chi connectivity index (χ0) is 11.3. The minimum Gasteiger partial charge on any atom is -0.466 e. The number of carbonyl (C=O) groups is 1. The fourth-order valence-corrected chi connectivity index (χ4v) is 2.88. The van der Waals surface area contributed by atoms with Crippen molar-refractivity contribution in [1.29, 1.82) is 0 Å². The second kappa shape index (κ2) is 3.21. The molecule has 3 heteroatoms. The lowest BCUT2D eigenvalue weighted by Gasteiger charge is -2.33. The predicted octanol–water partition coefficient (Wildman–Crippen LogP) is 2.14. The Morgan fingerprint density at radius 3 is 2.60 bits per heavy atom. The first kappa shape index (κ1) is 10.9. The van der Waals surface area contributed by atoms with Gasteiger partial charge in [0.1, 0.15) is 0 Å². The van der Waals surface area contributed by atoms with E-state index in [0.29, 0.717) is 18.6 Å². The van der Waals surface area contributed by atoms with E-state index in [0.717, 1.165) is 12.8 Å². The maximum absolute atomic E-state index is 10.7. The van der Waals surface area contributed by atoms with Gasteiger partial charge in [-0.2, -0.15) is 0 Å². The summed E-state index contributed by atoms with van der Waals surface area (Å²) in [4.78, 5) is 10.7. The Kier molecular flexibility index (Phi) is 2.34. The Hall–Kier alpha value is -0.570. The minimum absolute atomic E-state index is 0.0773. The molecule has 0 aromatic carbocycles. The molecule has 0 bridgehead atoms. The lowest BCUT2D eigenvalue weighted by Crippen LogP contribution is -2.33. The number of rotatable bonds is 3. The van der Waals surface area contributed by atoms with Crippen LogP contribution in [0.2, 0.25) is 0 Å². The van der Waals surface area contributed by atoms with Gasteiger partial charge in [-0.05, 0) is 31.1 Å². The molecule has 1 aliphatic heterocycles. The molecule has 0 aromatic heterocycles. The fraction of sp³-hybridized carbons (Fsp3) is 0.917. The molecule has 0 N–H and O–H groups in total. The molecule has 3 unspecified atom stereocenters. The van der Waals surface area contributed by atoms with Crippen molar-refractivity contribution in [2.24, 2.45) is 11.3 Å². The molecule has 0 amide bonds. The molecule has 2 rings (SSSR count). The molecule has 1 saturated carbocycles. The first-order chi connectivity index (χ1) is 6.88. The van der Waals surface area contributed by atoms with Gasteiger partial charge in [0.25, 0.3) is 0 Å². The van der Waals surface area contributed by atoms with Crippen LogP contribution in [0.25, 0.3) is 0 Å². The zero-order valence-electron chi connectivity index (χ0n) is 10.0. The largest absolute Gasteiger partial charge is 0.466 e. The molecule has 3 nitrogen and oxygen atoms in total. The number of esters is 1. The van der Waals surface area contributed by atoms with E-state index in [2.05, 4.69) is 20.8 Å². The van der Waals surface area contributed by atoms with Crippen LogP contribution in [0.4, 0.5) is 0 Å². The van der Waals surface area contributed by atoms with E-state index in [1.165, 1.54) is 6.92 Å². The van der Waals surface area contributed by atoms with Gasteiger partial charge in [0.2, 0.25) is 0 Å². The van der Waals surface area contributed by atoms with Gasteiger partial charge in [-0.15, -0.1) is 0 Å². The summed E-state index contributed by atoms with van der Waals surface area (Å²) in [6.07, 6.45) is 2.52. The van der Waals surface area contributed by atoms with Crippen LogP contribution in [-0.2, 0) is 14.3 Å². The third-order valence-electron chi connectivity index (χ3n) is 4.51. The summed E-state index contributed by atoms with van der Waals surface area (Å²) in [5.41, 5.74) is 0.283. The predicted molar refractivity (Wildman–Crippen MR) is 56.4 cm³/mol. The quantitative estimate of drug-likeness (QED) is 0.531. The lowest BCUT2D eigenvalue weighted by molar-refractivity contribution is -0.141. The third kappa shape index (κ3) is 1.57. The highest BCUT2D eigenvalue weighted by Crippen LogP contribution is 2.63. The van der Waals surface area contributed by atoms with Crippen LogP contribution in [0.15, 0.2) is 0 Å². The molecule has 0 aromatic rings. The molecule has 15 heavy (non-hydrogen) atoms. The highest BCUT2D eigenvalue weighted by atomic mass is 16.6. The summed E-state index contributed by atoms with van der Waals surface area (Å²) in [5.74, 6) is 0.430. The summed E-state index contributed by atoms with van der Waals surface area (Å²) < 4.78 is 10.7. The molecule has 0 spiro atoms. The number of hydrogen-bond donors (Lipinski definition) is 0. The number of ether oxygens (including phenoxy) is 2. The van der Waals surface area contributed by atoms with E-state index in [9.17, 15) is 4.79 Å². The highest BCUT2D eigenvalue weighted by molar-refractivity contribution is 5.65. The summed E-state index contributed by atoms with van der Waals surface area (Å²) in [5, 5.41) is 0. The summed E-state index contributed by atoms with van der Waals surface area (Å²) in [7, 11) is 0. The van der Waals surface area contributed by atoms with Gasteiger partial charge < -0.3 is 9.47 Å². The first-order valence-electron chi connectivity index (χ1n) is 5.69. The second-order valence-electron chi connectivity index (χ2n) is 5.50. The molecule has 1 heterocycles. The van der Waals surface area contributed by atoms with E-state index >= 15 is 0 Å². The molecule has 0 radical (unpaired) electrons. The monoisotopic (exact) mass is 212 g/mol. The van der Waals surface area contributed by atoms with Gasteiger partial charge in [-0.25, -0.2) is 0 Å². The maximum Gasteiger partial charge on any atom is 0.302 e. The highest BCUT2D eigenvalue weighted by Gasteiger charge is 2.69. The smallest absolute Gasteiger partial charge is 0.302 e. The van der Waals surface area contributed by atoms with Crippen LogP contribution in [0.1, 0.15) is 40.5 Å². The number of epoxide rings is 1. The van der Waals surface area contributed by atoms with Crippen molar-refractivity contribution in [3.8, 4) is 0 Å². The van der Waals surface area contributed by atoms with Crippen LogP contribution in [0.3, 0.4) is 0 Å². The van der Waals surface area contributed by atoms with Gasteiger partial charge >= 0.3 is 5.97 Å². The Balaban J connectivity index is 1.87. The van der Waals surface area contributed by atoms with E-state index in [-0.39, 0.29) is 17.0 Å². The summed E-state index contributed by atoms with van der Waals surface area (Å²) in [6.45, 7) is 8.73. The fourth-order valence-electron chi connectivity index (χ4n) is 2.88. The normalized spacial score (nSPS) is 41.1. The van der Waals surface area contributed by atoms with Crippen LogP contribution in [0.5, 0.6) is 0 Å². The van der Waals surface area contributed by atoms with Crippen molar-refractivity contribution < 1.29 is 14.3 Å².